The molecule has 1 N–H and O–H groups in total. The van der Waals surface area contributed by atoms with Gasteiger partial charge in [0.15, 0.2) is 0 Å². The summed E-state index contributed by atoms with van der Waals surface area (Å²) in [7, 11) is 0.818. The van der Waals surface area contributed by atoms with Gasteiger partial charge in [-0.15, -0.1) is 0 Å². The van der Waals surface area contributed by atoms with Gasteiger partial charge in [0.05, 0.1) is 5.69 Å². The summed E-state index contributed by atoms with van der Waals surface area (Å²) in [5.74, 6) is -2.23. The minimum Gasteiger partial charge on any atom is -0.318 e. The molecule has 0 atom stereocenters. The van der Waals surface area contributed by atoms with E-state index in [0.29, 0.717) is 4.57 Å². The van der Waals surface area contributed by atoms with Crippen LogP contribution < -0.4 is 16.6 Å². The van der Waals surface area contributed by atoms with Gasteiger partial charge in [-0.2, -0.15) is 26.3 Å². The van der Waals surface area contributed by atoms with E-state index in [1.54, 1.807) is 5.32 Å². The van der Waals surface area contributed by atoms with Crippen molar-refractivity contribution in [3.8, 4) is 5.69 Å². The Balaban J connectivity index is 2.45. The maximum Gasteiger partial charge on any atom is 0.471 e. The molecule has 2 rings (SSSR count). The van der Waals surface area contributed by atoms with Gasteiger partial charge in [-0.1, -0.05) is 0 Å². The van der Waals surface area contributed by atoms with Crippen LogP contribution in [0.1, 0.15) is 5.69 Å². The fourth-order valence-electron chi connectivity index (χ4n) is 2.03. The SMILES string of the molecule is Cn1c(C(F)(F)F)cc(=O)n(-c2ccc(NC(=O)C(F)(F)F)cc2)c1=O. The number of benzene rings is 1. The van der Waals surface area contributed by atoms with Gasteiger partial charge in [0, 0.05) is 18.8 Å². The minimum absolute atomic E-state index is 0.186. The molecular weight excluding hydrogens is 372 g/mol. The molecule has 0 bridgehead atoms. The van der Waals surface area contributed by atoms with Crippen molar-refractivity contribution in [2.45, 2.75) is 12.4 Å². The lowest BCUT2D eigenvalue weighted by Crippen LogP contribution is -2.40. The first kappa shape index (κ1) is 19.3. The van der Waals surface area contributed by atoms with Crippen LogP contribution in [0.2, 0.25) is 0 Å². The first-order valence-corrected chi connectivity index (χ1v) is 6.71. The maximum absolute atomic E-state index is 12.8. The summed E-state index contributed by atoms with van der Waals surface area (Å²) in [6.07, 6.45) is -10.0. The molecular formula is C14H9F6N3O3. The van der Waals surface area contributed by atoms with Gasteiger partial charge in [0.2, 0.25) is 0 Å². The number of carbonyl (C=O) groups excluding carboxylic acids is 1. The van der Waals surface area contributed by atoms with E-state index in [2.05, 4.69) is 0 Å². The summed E-state index contributed by atoms with van der Waals surface area (Å²) in [6, 6.07) is 4.15. The lowest BCUT2D eigenvalue weighted by Gasteiger charge is -2.14. The van der Waals surface area contributed by atoms with Crippen LogP contribution in [-0.2, 0) is 18.0 Å². The van der Waals surface area contributed by atoms with Crippen LogP contribution in [0.25, 0.3) is 5.69 Å². The van der Waals surface area contributed by atoms with E-state index in [4.69, 9.17) is 0 Å². The molecule has 1 amide bonds. The van der Waals surface area contributed by atoms with Crippen molar-refractivity contribution in [3.05, 3.63) is 56.9 Å². The summed E-state index contributed by atoms with van der Waals surface area (Å²) in [4.78, 5) is 34.8. The summed E-state index contributed by atoms with van der Waals surface area (Å²) < 4.78 is 75.5. The molecule has 0 spiro atoms. The zero-order valence-electron chi connectivity index (χ0n) is 12.8. The molecule has 26 heavy (non-hydrogen) atoms. The van der Waals surface area contributed by atoms with Crippen molar-refractivity contribution in [2.75, 3.05) is 5.32 Å². The molecule has 140 valence electrons. The quantitative estimate of drug-likeness (QED) is 0.810. The van der Waals surface area contributed by atoms with E-state index in [9.17, 15) is 40.7 Å². The second kappa shape index (κ2) is 6.35. The first-order valence-electron chi connectivity index (χ1n) is 6.71. The number of hydrogen-bond acceptors (Lipinski definition) is 3. The average Bonchev–Trinajstić information content (AvgIpc) is 2.50. The normalized spacial score (nSPS) is 12.1. The van der Waals surface area contributed by atoms with E-state index in [1.165, 1.54) is 0 Å². The third-order valence-corrected chi connectivity index (χ3v) is 3.25. The van der Waals surface area contributed by atoms with Crippen LogP contribution >= 0.6 is 0 Å². The predicted molar refractivity (Wildman–Crippen MR) is 77.0 cm³/mol. The summed E-state index contributed by atoms with van der Waals surface area (Å²) >= 11 is 0. The van der Waals surface area contributed by atoms with Crippen LogP contribution in [0.3, 0.4) is 0 Å². The number of aromatic nitrogens is 2. The fourth-order valence-corrected chi connectivity index (χ4v) is 2.03. The monoisotopic (exact) mass is 381 g/mol. The number of nitrogens with zero attached hydrogens (tertiary/aromatic N) is 2. The Bertz CT molecular complexity index is 954. The van der Waals surface area contributed by atoms with Crippen molar-refractivity contribution in [1.29, 1.82) is 0 Å². The molecule has 1 heterocycles. The van der Waals surface area contributed by atoms with Gasteiger partial charge in [-0.05, 0) is 24.3 Å². The molecule has 12 heteroatoms. The molecule has 0 saturated heterocycles. The number of hydrogen-bond donors (Lipinski definition) is 1. The van der Waals surface area contributed by atoms with E-state index in [0.717, 1.165) is 31.3 Å². The van der Waals surface area contributed by atoms with Gasteiger partial charge < -0.3 is 5.32 Å². The third kappa shape index (κ3) is 3.78. The second-order valence-electron chi connectivity index (χ2n) is 5.04. The lowest BCUT2D eigenvalue weighted by molar-refractivity contribution is -0.167. The minimum atomic E-state index is -5.11. The Hall–Kier alpha value is -3.05. The van der Waals surface area contributed by atoms with Gasteiger partial charge in [0.25, 0.3) is 5.56 Å². The average molecular weight is 381 g/mol. The summed E-state index contributed by atoms with van der Waals surface area (Å²) in [5.41, 5.74) is -4.48. The van der Waals surface area contributed by atoms with Crippen molar-refractivity contribution < 1.29 is 31.1 Å². The number of nitrogens with one attached hydrogen (secondary N) is 1. The topological polar surface area (TPSA) is 73.1 Å². The standard InChI is InChI=1S/C14H9F6N3O3/c1-22-9(13(15,16)17)6-10(24)23(12(22)26)8-4-2-7(3-5-8)21-11(25)14(18,19)20/h2-6H,1H3,(H,21,25). The van der Waals surface area contributed by atoms with Crippen LogP contribution in [-0.4, -0.2) is 21.2 Å². The summed E-state index contributed by atoms with van der Waals surface area (Å²) in [5, 5.41) is 1.55. The highest BCUT2D eigenvalue weighted by atomic mass is 19.4. The van der Waals surface area contributed by atoms with Crippen LogP contribution in [0, 0.1) is 0 Å². The molecule has 6 nitrogen and oxygen atoms in total. The highest BCUT2D eigenvalue weighted by molar-refractivity contribution is 5.94. The Labute approximate surface area is 140 Å². The molecule has 0 aliphatic rings. The fraction of sp³-hybridized carbons (Fsp3) is 0.214. The number of carbonyl (C=O) groups is 1. The van der Waals surface area contributed by atoms with Crippen LogP contribution in [0.15, 0.2) is 39.9 Å². The van der Waals surface area contributed by atoms with E-state index in [-0.39, 0.29) is 22.0 Å². The molecule has 1 aromatic carbocycles. The van der Waals surface area contributed by atoms with E-state index in [1.807, 2.05) is 0 Å². The molecule has 2 aromatic rings. The smallest absolute Gasteiger partial charge is 0.318 e. The van der Waals surface area contributed by atoms with E-state index >= 15 is 0 Å². The third-order valence-electron chi connectivity index (χ3n) is 3.25. The molecule has 0 saturated carbocycles. The number of amides is 1. The van der Waals surface area contributed by atoms with Crippen molar-refractivity contribution in [1.82, 2.24) is 9.13 Å². The highest BCUT2D eigenvalue weighted by Crippen LogP contribution is 2.27. The Morgan fingerprint density at radius 1 is 1.00 bits per heavy atom. The largest absolute Gasteiger partial charge is 0.471 e. The number of alkyl halides is 6. The Morgan fingerprint density at radius 3 is 2.00 bits per heavy atom. The molecule has 0 fully saturated rings. The Morgan fingerprint density at radius 2 is 1.54 bits per heavy atom. The molecule has 0 aliphatic carbocycles. The van der Waals surface area contributed by atoms with Gasteiger partial charge in [0.1, 0.15) is 5.69 Å². The molecule has 0 radical (unpaired) electrons. The van der Waals surface area contributed by atoms with E-state index < -0.39 is 35.2 Å². The second-order valence-corrected chi connectivity index (χ2v) is 5.04. The van der Waals surface area contributed by atoms with Gasteiger partial charge in [-0.3, -0.25) is 14.2 Å². The first-order chi connectivity index (χ1) is 11.8. The predicted octanol–water partition coefficient (Wildman–Crippen LogP) is 2.06. The number of halogens is 6. The maximum atomic E-state index is 12.8. The number of anilines is 1. The highest BCUT2D eigenvalue weighted by Gasteiger charge is 2.38. The van der Waals surface area contributed by atoms with Gasteiger partial charge in [-0.25, -0.2) is 9.36 Å². The lowest BCUT2D eigenvalue weighted by atomic mass is 10.2. The van der Waals surface area contributed by atoms with Gasteiger partial charge >= 0.3 is 23.9 Å². The molecule has 0 aliphatic heterocycles. The molecule has 0 unspecified atom stereocenters. The van der Waals surface area contributed by atoms with Crippen molar-refractivity contribution >= 4 is 11.6 Å². The zero-order valence-corrected chi connectivity index (χ0v) is 12.8. The van der Waals surface area contributed by atoms with Crippen molar-refractivity contribution in [3.63, 3.8) is 0 Å². The molecule has 1 aromatic heterocycles. The van der Waals surface area contributed by atoms with Crippen LogP contribution in [0.5, 0.6) is 0 Å². The summed E-state index contributed by atoms with van der Waals surface area (Å²) in [6.45, 7) is 0. The zero-order chi connectivity index (χ0) is 19.9. The Kier molecular flexibility index (Phi) is 4.71. The van der Waals surface area contributed by atoms with Crippen molar-refractivity contribution in [2.24, 2.45) is 7.05 Å². The number of rotatable bonds is 2. The van der Waals surface area contributed by atoms with Crippen LogP contribution in [0.4, 0.5) is 32.0 Å².